The molecule has 2 heterocycles. The second-order valence-corrected chi connectivity index (χ2v) is 11.5. The fourth-order valence-corrected chi connectivity index (χ4v) is 5.94. The first-order valence-corrected chi connectivity index (χ1v) is 11.9. The van der Waals surface area contributed by atoms with Crippen molar-refractivity contribution < 1.29 is 17.9 Å². The first kappa shape index (κ1) is 20.9. The molecule has 1 amide bonds. The maximum atomic E-state index is 12.3. The number of piperidine rings is 2. The molecule has 2 atom stereocenters. The van der Waals surface area contributed by atoms with E-state index < -0.39 is 15.6 Å². The van der Waals surface area contributed by atoms with Gasteiger partial charge in [-0.15, -0.1) is 0 Å². The smallest absolute Gasteiger partial charge is 0.410 e. The number of rotatable bonds is 6. The molecule has 2 aliphatic heterocycles. The van der Waals surface area contributed by atoms with Crippen LogP contribution in [0.3, 0.4) is 0 Å². The lowest BCUT2D eigenvalue weighted by molar-refractivity contribution is 0.0253. The van der Waals surface area contributed by atoms with E-state index in [0.717, 1.165) is 45.6 Å². The molecule has 3 fully saturated rings. The van der Waals surface area contributed by atoms with Crippen LogP contribution in [0.2, 0.25) is 0 Å². The van der Waals surface area contributed by atoms with E-state index in [2.05, 4.69) is 9.62 Å². The van der Waals surface area contributed by atoms with Gasteiger partial charge in [0.05, 0.1) is 5.75 Å². The lowest BCUT2D eigenvalue weighted by Gasteiger charge is -2.34. The molecule has 8 heteroatoms. The van der Waals surface area contributed by atoms with Gasteiger partial charge in [0.1, 0.15) is 5.60 Å². The fourth-order valence-electron chi connectivity index (χ4n) is 4.54. The van der Waals surface area contributed by atoms with Crippen molar-refractivity contribution in [1.82, 2.24) is 14.5 Å². The van der Waals surface area contributed by atoms with Crippen molar-refractivity contribution in [2.75, 3.05) is 38.5 Å². The number of sulfonamides is 1. The van der Waals surface area contributed by atoms with Crippen molar-refractivity contribution >= 4 is 16.1 Å². The van der Waals surface area contributed by atoms with E-state index >= 15 is 0 Å². The van der Waals surface area contributed by atoms with Crippen LogP contribution in [0.25, 0.3) is 0 Å². The largest absolute Gasteiger partial charge is 0.444 e. The summed E-state index contributed by atoms with van der Waals surface area (Å²) in [6, 6.07) is 0.0622. The number of likely N-dealkylation sites (tertiary alicyclic amines) is 2. The molecule has 2 saturated heterocycles. The molecular formula is C19H35N3O4S. The van der Waals surface area contributed by atoms with Crippen molar-refractivity contribution in [3.63, 3.8) is 0 Å². The monoisotopic (exact) mass is 401 g/mol. The van der Waals surface area contributed by atoms with Crippen molar-refractivity contribution in [3.05, 3.63) is 0 Å². The summed E-state index contributed by atoms with van der Waals surface area (Å²) in [5.41, 5.74) is -0.227. The Kier molecular flexibility index (Phi) is 5.81. The molecule has 0 aromatic heterocycles. The Morgan fingerprint density at radius 1 is 1.26 bits per heavy atom. The van der Waals surface area contributed by atoms with Crippen molar-refractivity contribution in [1.29, 1.82) is 0 Å². The molecule has 156 valence electrons. The van der Waals surface area contributed by atoms with Crippen LogP contribution >= 0.6 is 0 Å². The van der Waals surface area contributed by atoms with Crippen LogP contribution in [0.1, 0.15) is 53.4 Å². The number of nitrogens with zero attached hydrogens (tertiary/aromatic N) is 2. The Hall–Kier alpha value is -0.860. The van der Waals surface area contributed by atoms with Gasteiger partial charge in [0, 0.05) is 31.1 Å². The summed E-state index contributed by atoms with van der Waals surface area (Å²) < 4.78 is 32.2. The molecule has 3 rings (SSSR count). The topological polar surface area (TPSA) is 79.0 Å². The summed E-state index contributed by atoms with van der Waals surface area (Å²) in [5.74, 6) is 0.796. The number of hydrogen-bond donors (Lipinski definition) is 1. The number of hydrogen-bond acceptors (Lipinski definition) is 5. The Morgan fingerprint density at radius 2 is 1.93 bits per heavy atom. The van der Waals surface area contributed by atoms with Gasteiger partial charge in [-0.05, 0) is 65.5 Å². The Morgan fingerprint density at radius 3 is 2.52 bits per heavy atom. The van der Waals surface area contributed by atoms with Crippen molar-refractivity contribution in [2.45, 2.75) is 65.0 Å². The highest BCUT2D eigenvalue weighted by atomic mass is 32.2. The zero-order chi connectivity index (χ0) is 19.9. The quantitative estimate of drug-likeness (QED) is 0.737. The second kappa shape index (κ2) is 7.52. The molecule has 1 aliphatic carbocycles. The standard InChI is InChI=1S/C19H35N3O4S/c1-5-10-27(24,25)20-16-6-8-21(9-7-16)13-19-11-15(19)12-22(14-19)17(23)26-18(2,3)4/h15-16,20H,5-14H2,1-4H3/t15-,19+/m1/s1. The van der Waals surface area contributed by atoms with Gasteiger partial charge in [0.2, 0.25) is 10.0 Å². The van der Waals surface area contributed by atoms with E-state index in [9.17, 15) is 13.2 Å². The highest BCUT2D eigenvalue weighted by molar-refractivity contribution is 7.89. The van der Waals surface area contributed by atoms with Gasteiger partial charge < -0.3 is 14.5 Å². The van der Waals surface area contributed by atoms with E-state index in [-0.39, 0.29) is 23.3 Å². The molecule has 27 heavy (non-hydrogen) atoms. The Labute approximate surface area is 163 Å². The lowest BCUT2D eigenvalue weighted by Crippen LogP contribution is -2.47. The normalized spacial score (nSPS) is 29.6. The van der Waals surface area contributed by atoms with E-state index in [1.54, 1.807) is 0 Å². The van der Waals surface area contributed by atoms with Gasteiger partial charge in [0.25, 0.3) is 0 Å². The third-order valence-electron chi connectivity index (χ3n) is 5.90. The van der Waals surface area contributed by atoms with Gasteiger partial charge in [-0.1, -0.05) is 6.92 Å². The number of nitrogens with one attached hydrogen (secondary N) is 1. The van der Waals surface area contributed by atoms with Crippen LogP contribution in [-0.2, 0) is 14.8 Å². The second-order valence-electron chi connectivity index (χ2n) is 9.61. The highest BCUT2D eigenvalue weighted by Gasteiger charge is 2.61. The van der Waals surface area contributed by atoms with Crippen LogP contribution in [0.15, 0.2) is 0 Å². The average Bonchev–Trinajstić information content (AvgIpc) is 3.07. The first-order chi connectivity index (χ1) is 12.5. The maximum absolute atomic E-state index is 12.3. The van der Waals surface area contributed by atoms with Crippen molar-refractivity contribution in [2.24, 2.45) is 11.3 Å². The zero-order valence-electron chi connectivity index (χ0n) is 17.2. The molecule has 0 bridgehead atoms. The minimum Gasteiger partial charge on any atom is -0.444 e. The summed E-state index contributed by atoms with van der Waals surface area (Å²) in [4.78, 5) is 16.6. The van der Waals surface area contributed by atoms with Crippen LogP contribution in [0.4, 0.5) is 4.79 Å². The summed E-state index contributed by atoms with van der Waals surface area (Å²) in [6.45, 7) is 12.0. The van der Waals surface area contributed by atoms with Gasteiger partial charge >= 0.3 is 6.09 Å². The van der Waals surface area contributed by atoms with Gasteiger partial charge in [-0.3, -0.25) is 0 Å². The summed E-state index contributed by atoms with van der Waals surface area (Å²) in [6.07, 6.45) is 3.36. The molecule has 0 aromatic rings. The van der Waals surface area contributed by atoms with Crippen LogP contribution in [-0.4, -0.2) is 74.4 Å². The molecule has 1 saturated carbocycles. The number of fused-ring (bicyclic) bond motifs is 1. The fraction of sp³-hybridized carbons (Fsp3) is 0.947. The molecule has 0 radical (unpaired) electrons. The SMILES string of the molecule is CCCS(=O)(=O)NC1CCN(C[C@]23C[C@@H]2CN(C(=O)OC(C)(C)C)C3)CC1. The molecule has 3 aliphatic rings. The minimum absolute atomic E-state index is 0.0622. The van der Waals surface area contributed by atoms with Gasteiger partial charge in [-0.2, -0.15) is 0 Å². The maximum Gasteiger partial charge on any atom is 0.410 e. The van der Waals surface area contributed by atoms with Gasteiger partial charge in [-0.25, -0.2) is 17.9 Å². The molecule has 0 unspecified atom stereocenters. The molecule has 7 nitrogen and oxygen atoms in total. The average molecular weight is 402 g/mol. The lowest BCUT2D eigenvalue weighted by atomic mass is 10.0. The Bertz CT molecular complexity index is 652. The third-order valence-corrected chi connectivity index (χ3v) is 7.54. The van der Waals surface area contributed by atoms with E-state index in [1.165, 1.54) is 6.42 Å². The first-order valence-electron chi connectivity index (χ1n) is 10.2. The van der Waals surface area contributed by atoms with Crippen LogP contribution in [0.5, 0.6) is 0 Å². The molecule has 1 N–H and O–H groups in total. The number of amides is 1. The molecule has 0 spiro atoms. The summed E-state index contributed by atoms with van der Waals surface area (Å²) in [5, 5.41) is 0. The molecule has 0 aromatic carbocycles. The third kappa shape index (κ3) is 5.35. The zero-order valence-corrected chi connectivity index (χ0v) is 18.0. The van der Waals surface area contributed by atoms with Crippen LogP contribution < -0.4 is 4.72 Å². The highest BCUT2D eigenvalue weighted by Crippen LogP contribution is 2.58. The van der Waals surface area contributed by atoms with E-state index in [1.807, 2.05) is 32.6 Å². The Balaban J connectivity index is 1.44. The number of ether oxygens (including phenoxy) is 1. The minimum atomic E-state index is -3.13. The number of carbonyl (C=O) groups excluding carboxylic acids is 1. The van der Waals surface area contributed by atoms with Crippen LogP contribution in [0, 0.1) is 11.3 Å². The van der Waals surface area contributed by atoms with Crippen molar-refractivity contribution in [3.8, 4) is 0 Å². The summed E-state index contributed by atoms with van der Waals surface area (Å²) >= 11 is 0. The predicted molar refractivity (Wildman–Crippen MR) is 105 cm³/mol. The van der Waals surface area contributed by atoms with Gasteiger partial charge in [0.15, 0.2) is 0 Å². The number of carbonyl (C=O) groups is 1. The van der Waals surface area contributed by atoms with E-state index in [4.69, 9.17) is 4.74 Å². The van der Waals surface area contributed by atoms with E-state index in [0.29, 0.717) is 12.3 Å². The predicted octanol–water partition coefficient (Wildman–Crippen LogP) is 2.04. The molecular weight excluding hydrogens is 366 g/mol. The summed E-state index contributed by atoms with van der Waals surface area (Å²) in [7, 11) is -3.13.